The quantitative estimate of drug-likeness (QED) is 0.363. The molecule has 5 atom stereocenters. The highest BCUT2D eigenvalue weighted by Gasteiger charge is 2.41. The summed E-state index contributed by atoms with van der Waals surface area (Å²) >= 11 is 0. The Morgan fingerprint density at radius 2 is 1.54 bits per heavy atom. The maximum Gasteiger partial charge on any atom is 0.142 e. The SMILES string of the molecule is CC1[C@H](N=[N+]=[N-])OC(COCc2ccccc2)[C@@H](C)[C@H]1OCc1ccccc1. The number of nitrogens with zero attached hydrogens (tertiary/aromatic N) is 3. The zero-order chi connectivity index (χ0) is 19.8. The van der Waals surface area contributed by atoms with Gasteiger partial charge in [-0.25, -0.2) is 0 Å². The van der Waals surface area contributed by atoms with Crippen molar-refractivity contribution in [2.45, 2.75) is 45.5 Å². The van der Waals surface area contributed by atoms with Gasteiger partial charge in [0.15, 0.2) is 0 Å². The molecule has 2 unspecified atom stereocenters. The van der Waals surface area contributed by atoms with E-state index in [1.165, 1.54) is 0 Å². The first kappa shape index (κ1) is 20.4. The van der Waals surface area contributed by atoms with Crippen LogP contribution in [0.2, 0.25) is 0 Å². The Balaban J connectivity index is 1.63. The van der Waals surface area contributed by atoms with Gasteiger partial charge in [-0.3, -0.25) is 0 Å². The molecule has 6 nitrogen and oxygen atoms in total. The Hall–Kier alpha value is -2.37. The molecule has 1 aliphatic heterocycles. The van der Waals surface area contributed by atoms with Gasteiger partial charge in [-0.2, -0.15) is 0 Å². The first-order chi connectivity index (χ1) is 13.7. The molecule has 0 spiro atoms. The highest BCUT2D eigenvalue weighted by atomic mass is 16.6. The summed E-state index contributed by atoms with van der Waals surface area (Å²) in [6, 6.07) is 20.1. The van der Waals surface area contributed by atoms with E-state index in [0.717, 1.165) is 11.1 Å². The molecule has 1 fully saturated rings. The minimum Gasteiger partial charge on any atom is -0.374 e. The lowest BCUT2D eigenvalue weighted by Gasteiger charge is -2.43. The summed E-state index contributed by atoms with van der Waals surface area (Å²) in [6.07, 6.45) is -0.849. The van der Waals surface area contributed by atoms with Crippen molar-refractivity contribution < 1.29 is 14.2 Å². The van der Waals surface area contributed by atoms with Crippen molar-refractivity contribution in [1.29, 1.82) is 0 Å². The Morgan fingerprint density at radius 1 is 0.929 bits per heavy atom. The predicted octanol–water partition coefficient (Wildman–Crippen LogP) is 5.10. The Morgan fingerprint density at radius 3 is 2.14 bits per heavy atom. The van der Waals surface area contributed by atoms with Crippen molar-refractivity contribution >= 4 is 0 Å². The third-order valence-corrected chi connectivity index (χ3v) is 5.23. The average molecular weight is 381 g/mol. The molecular weight excluding hydrogens is 354 g/mol. The van der Waals surface area contributed by atoms with Crippen molar-refractivity contribution in [1.82, 2.24) is 0 Å². The summed E-state index contributed by atoms with van der Waals surface area (Å²) in [6.45, 7) is 5.57. The van der Waals surface area contributed by atoms with Crippen molar-refractivity contribution in [3.63, 3.8) is 0 Å². The lowest BCUT2D eigenvalue weighted by molar-refractivity contribution is -0.196. The topological polar surface area (TPSA) is 76.5 Å². The van der Waals surface area contributed by atoms with Gasteiger partial charge in [0.25, 0.3) is 0 Å². The normalized spacial score (nSPS) is 27.1. The summed E-state index contributed by atoms with van der Waals surface area (Å²) in [5.41, 5.74) is 11.1. The molecular formula is C22H27N3O3. The van der Waals surface area contributed by atoms with Gasteiger partial charge in [0, 0.05) is 16.7 Å². The fourth-order valence-corrected chi connectivity index (χ4v) is 3.59. The third-order valence-electron chi connectivity index (χ3n) is 5.23. The Labute approximate surface area is 166 Å². The van der Waals surface area contributed by atoms with E-state index in [4.69, 9.17) is 19.7 Å². The van der Waals surface area contributed by atoms with Gasteiger partial charge in [0.2, 0.25) is 0 Å². The summed E-state index contributed by atoms with van der Waals surface area (Å²) in [4.78, 5) is 2.95. The van der Waals surface area contributed by atoms with E-state index >= 15 is 0 Å². The van der Waals surface area contributed by atoms with Crippen molar-refractivity contribution in [3.8, 4) is 0 Å². The van der Waals surface area contributed by atoms with E-state index in [1.54, 1.807) is 0 Å². The van der Waals surface area contributed by atoms with E-state index in [0.29, 0.717) is 19.8 Å². The van der Waals surface area contributed by atoms with Crippen LogP contribution in [0, 0.1) is 11.8 Å². The van der Waals surface area contributed by atoms with Crippen LogP contribution in [0.3, 0.4) is 0 Å². The molecule has 0 radical (unpaired) electrons. The van der Waals surface area contributed by atoms with Crippen molar-refractivity contribution in [3.05, 3.63) is 82.2 Å². The highest BCUT2D eigenvalue weighted by molar-refractivity contribution is 5.14. The van der Waals surface area contributed by atoms with E-state index in [1.807, 2.05) is 67.6 Å². The molecule has 0 N–H and O–H groups in total. The van der Waals surface area contributed by atoms with Crippen LogP contribution in [0.5, 0.6) is 0 Å². The van der Waals surface area contributed by atoms with Crippen LogP contribution in [0.15, 0.2) is 65.8 Å². The van der Waals surface area contributed by atoms with E-state index < -0.39 is 6.23 Å². The Kier molecular flexibility index (Phi) is 7.46. The summed E-state index contributed by atoms with van der Waals surface area (Å²) in [5, 5.41) is 3.84. The lowest BCUT2D eigenvalue weighted by Crippen LogP contribution is -2.50. The van der Waals surface area contributed by atoms with Crippen molar-refractivity contribution in [2.75, 3.05) is 6.61 Å². The number of rotatable bonds is 8. The van der Waals surface area contributed by atoms with Gasteiger partial charge in [0.1, 0.15) is 6.23 Å². The van der Waals surface area contributed by atoms with E-state index in [-0.39, 0.29) is 24.0 Å². The van der Waals surface area contributed by atoms with Crippen LogP contribution in [-0.4, -0.2) is 25.0 Å². The molecule has 1 aliphatic rings. The fraction of sp³-hybridized carbons (Fsp3) is 0.455. The van der Waals surface area contributed by atoms with Crippen molar-refractivity contribution in [2.24, 2.45) is 17.0 Å². The third kappa shape index (κ3) is 5.33. The number of hydrogen-bond acceptors (Lipinski definition) is 4. The molecule has 0 aliphatic carbocycles. The van der Waals surface area contributed by atoms with Gasteiger partial charge in [-0.15, -0.1) is 0 Å². The molecule has 148 valence electrons. The van der Waals surface area contributed by atoms with Crippen LogP contribution in [0.4, 0.5) is 0 Å². The highest BCUT2D eigenvalue weighted by Crippen LogP contribution is 2.34. The van der Waals surface area contributed by atoms with Gasteiger partial charge in [0.05, 0.1) is 32.0 Å². The molecule has 2 aromatic carbocycles. The molecule has 6 heteroatoms. The standard InChI is InChI=1S/C22H27N3O3/c1-16-20(15-26-13-18-9-5-3-6-10-18)28-22(24-25-23)17(2)21(16)27-14-19-11-7-4-8-12-19/h3-12,16-17,20-22H,13-15H2,1-2H3/t16-,17?,20?,21-,22-/m1/s1. The molecule has 3 rings (SSSR count). The van der Waals surface area contributed by atoms with Gasteiger partial charge in [-0.1, -0.05) is 79.6 Å². The number of benzene rings is 2. The smallest absolute Gasteiger partial charge is 0.142 e. The van der Waals surface area contributed by atoms with E-state index in [2.05, 4.69) is 16.9 Å². The number of azide groups is 1. The fourth-order valence-electron chi connectivity index (χ4n) is 3.59. The number of hydrogen-bond donors (Lipinski definition) is 0. The summed E-state index contributed by atoms with van der Waals surface area (Å²) < 4.78 is 18.2. The Bertz CT molecular complexity index is 765. The first-order valence-corrected chi connectivity index (χ1v) is 9.66. The maximum atomic E-state index is 8.91. The minimum absolute atomic E-state index is 0.0417. The van der Waals surface area contributed by atoms with Crippen LogP contribution < -0.4 is 0 Å². The predicted molar refractivity (Wildman–Crippen MR) is 107 cm³/mol. The van der Waals surface area contributed by atoms with Crippen LogP contribution in [-0.2, 0) is 27.4 Å². The molecule has 0 amide bonds. The molecule has 28 heavy (non-hydrogen) atoms. The number of ether oxygens (including phenoxy) is 3. The minimum atomic E-state index is -0.563. The molecule has 1 heterocycles. The second-order valence-electron chi connectivity index (χ2n) is 7.25. The summed E-state index contributed by atoms with van der Waals surface area (Å²) in [5.74, 6) is 0.0691. The van der Waals surface area contributed by atoms with Gasteiger partial charge < -0.3 is 14.2 Å². The molecule has 0 bridgehead atoms. The van der Waals surface area contributed by atoms with E-state index in [9.17, 15) is 0 Å². The van der Waals surface area contributed by atoms with Crippen LogP contribution in [0.1, 0.15) is 25.0 Å². The first-order valence-electron chi connectivity index (χ1n) is 9.66. The zero-order valence-corrected chi connectivity index (χ0v) is 16.3. The monoisotopic (exact) mass is 381 g/mol. The summed E-state index contributed by atoms with van der Waals surface area (Å²) in [7, 11) is 0. The average Bonchev–Trinajstić information content (AvgIpc) is 2.73. The molecule has 0 aromatic heterocycles. The largest absolute Gasteiger partial charge is 0.374 e. The van der Waals surface area contributed by atoms with Crippen LogP contribution in [0.25, 0.3) is 10.4 Å². The molecule has 1 saturated heterocycles. The van der Waals surface area contributed by atoms with Gasteiger partial charge >= 0.3 is 0 Å². The lowest BCUT2D eigenvalue weighted by atomic mass is 9.85. The zero-order valence-electron chi connectivity index (χ0n) is 16.3. The van der Waals surface area contributed by atoms with Crippen LogP contribution >= 0.6 is 0 Å². The van der Waals surface area contributed by atoms with Gasteiger partial charge in [-0.05, 0) is 16.7 Å². The second kappa shape index (κ2) is 10.2. The second-order valence-corrected chi connectivity index (χ2v) is 7.25. The maximum absolute atomic E-state index is 8.91. The molecule has 0 saturated carbocycles. The molecule has 2 aromatic rings.